The molecular formula is C17H17N3O2. The molecule has 0 bridgehead atoms. The third-order valence-corrected chi connectivity index (χ3v) is 3.15. The lowest BCUT2D eigenvalue weighted by Gasteiger charge is -2.11. The number of nitrogens with zero attached hydrogens (tertiary/aromatic N) is 1. The SMILES string of the molecule is CC(C)Oc1cccc(NC(=O)c2ccc3nc[nH]c3c2)c1. The van der Waals surface area contributed by atoms with Crippen LogP contribution in [0.5, 0.6) is 5.75 Å². The van der Waals surface area contributed by atoms with Gasteiger partial charge in [0.2, 0.25) is 0 Å². The molecule has 0 saturated heterocycles. The first kappa shape index (κ1) is 14.1. The zero-order valence-electron chi connectivity index (χ0n) is 12.5. The Morgan fingerprint density at radius 2 is 2.09 bits per heavy atom. The average Bonchev–Trinajstić information content (AvgIpc) is 2.94. The normalized spacial score (nSPS) is 10.9. The average molecular weight is 295 g/mol. The van der Waals surface area contributed by atoms with Crippen molar-refractivity contribution in [1.82, 2.24) is 9.97 Å². The van der Waals surface area contributed by atoms with Crippen LogP contribution in [0, 0.1) is 0 Å². The molecule has 0 aliphatic heterocycles. The number of aromatic amines is 1. The molecule has 22 heavy (non-hydrogen) atoms. The molecule has 0 aliphatic carbocycles. The van der Waals surface area contributed by atoms with E-state index in [2.05, 4.69) is 15.3 Å². The van der Waals surface area contributed by atoms with Crippen LogP contribution in [0.3, 0.4) is 0 Å². The maximum absolute atomic E-state index is 12.3. The highest BCUT2D eigenvalue weighted by Gasteiger charge is 2.08. The molecule has 2 N–H and O–H groups in total. The molecule has 0 radical (unpaired) electrons. The van der Waals surface area contributed by atoms with Gasteiger partial charge in [-0.1, -0.05) is 6.07 Å². The van der Waals surface area contributed by atoms with Gasteiger partial charge in [-0.25, -0.2) is 4.98 Å². The van der Waals surface area contributed by atoms with E-state index in [1.54, 1.807) is 18.5 Å². The lowest BCUT2D eigenvalue weighted by atomic mass is 10.2. The van der Waals surface area contributed by atoms with E-state index in [4.69, 9.17) is 4.74 Å². The van der Waals surface area contributed by atoms with Crippen molar-refractivity contribution in [3.8, 4) is 5.75 Å². The van der Waals surface area contributed by atoms with Crippen LogP contribution in [0.4, 0.5) is 5.69 Å². The second kappa shape index (κ2) is 5.89. The smallest absolute Gasteiger partial charge is 0.255 e. The monoisotopic (exact) mass is 295 g/mol. The van der Waals surface area contributed by atoms with Gasteiger partial charge in [-0.05, 0) is 44.2 Å². The summed E-state index contributed by atoms with van der Waals surface area (Å²) in [5.41, 5.74) is 2.95. The first-order chi connectivity index (χ1) is 10.6. The number of imidazole rings is 1. The van der Waals surface area contributed by atoms with Crippen molar-refractivity contribution in [2.45, 2.75) is 20.0 Å². The van der Waals surface area contributed by atoms with Crippen LogP contribution >= 0.6 is 0 Å². The molecule has 1 amide bonds. The summed E-state index contributed by atoms with van der Waals surface area (Å²) in [7, 11) is 0. The van der Waals surface area contributed by atoms with Gasteiger partial charge in [0.1, 0.15) is 5.75 Å². The van der Waals surface area contributed by atoms with Gasteiger partial charge in [0.05, 0.1) is 23.5 Å². The minimum atomic E-state index is -0.168. The van der Waals surface area contributed by atoms with Crippen LogP contribution in [0.2, 0.25) is 0 Å². The van der Waals surface area contributed by atoms with Gasteiger partial charge in [-0.2, -0.15) is 0 Å². The van der Waals surface area contributed by atoms with Gasteiger partial charge in [0.15, 0.2) is 0 Å². The van der Waals surface area contributed by atoms with Crippen molar-refractivity contribution >= 4 is 22.6 Å². The van der Waals surface area contributed by atoms with Crippen LogP contribution < -0.4 is 10.1 Å². The number of hydrogen-bond acceptors (Lipinski definition) is 3. The minimum absolute atomic E-state index is 0.0914. The Morgan fingerprint density at radius 3 is 2.91 bits per heavy atom. The number of nitrogens with one attached hydrogen (secondary N) is 2. The van der Waals surface area contributed by atoms with Gasteiger partial charge in [0.25, 0.3) is 5.91 Å². The Morgan fingerprint density at radius 1 is 1.23 bits per heavy atom. The predicted molar refractivity (Wildman–Crippen MR) is 86.3 cm³/mol. The third-order valence-electron chi connectivity index (χ3n) is 3.15. The van der Waals surface area contributed by atoms with Crippen molar-refractivity contribution in [3.05, 3.63) is 54.4 Å². The van der Waals surface area contributed by atoms with E-state index in [1.165, 1.54) is 0 Å². The second-order valence-electron chi connectivity index (χ2n) is 5.28. The topological polar surface area (TPSA) is 67.0 Å². The Balaban J connectivity index is 1.78. The molecule has 1 heterocycles. The fourth-order valence-electron chi connectivity index (χ4n) is 2.20. The first-order valence-corrected chi connectivity index (χ1v) is 7.13. The number of ether oxygens (including phenoxy) is 1. The van der Waals surface area contributed by atoms with Gasteiger partial charge in [-0.15, -0.1) is 0 Å². The van der Waals surface area contributed by atoms with Crippen molar-refractivity contribution in [2.24, 2.45) is 0 Å². The number of H-pyrrole nitrogens is 1. The lowest BCUT2D eigenvalue weighted by Crippen LogP contribution is -2.12. The highest BCUT2D eigenvalue weighted by molar-refractivity contribution is 6.05. The van der Waals surface area contributed by atoms with E-state index in [0.717, 1.165) is 16.8 Å². The Kier molecular flexibility index (Phi) is 3.78. The second-order valence-corrected chi connectivity index (χ2v) is 5.28. The Bertz CT molecular complexity index is 808. The highest BCUT2D eigenvalue weighted by Crippen LogP contribution is 2.20. The van der Waals surface area contributed by atoms with E-state index in [9.17, 15) is 4.79 Å². The number of fused-ring (bicyclic) bond motifs is 1. The summed E-state index contributed by atoms with van der Waals surface area (Å²) in [6.07, 6.45) is 1.70. The van der Waals surface area contributed by atoms with Crippen LogP contribution in [0.1, 0.15) is 24.2 Å². The molecule has 2 aromatic carbocycles. The maximum Gasteiger partial charge on any atom is 0.255 e. The number of amides is 1. The largest absolute Gasteiger partial charge is 0.491 e. The van der Waals surface area contributed by atoms with Gasteiger partial charge in [0, 0.05) is 17.3 Å². The molecule has 1 aromatic heterocycles. The van der Waals surface area contributed by atoms with Crippen LogP contribution in [0.15, 0.2) is 48.8 Å². The molecule has 5 heteroatoms. The summed E-state index contributed by atoms with van der Waals surface area (Å²) < 4.78 is 5.62. The number of hydrogen-bond donors (Lipinski definition) is 2. The van der Waals surface area contributed by atoms with Gasteiger partial charge < -0.3 is 15.0 Å². The van der Waals surface area contributed by atoms with Crippen molar-refractivity contribution in [3.63, 3.8) is 0 Å². The summed E-state index contributed by atoms with van der Waals surface area (Å²) in [5, 5.41) is 2.88. The van der Waals surface area contributed by atoms with Crippen LogP contribution in [-0.4, -0.2) is 22.0 Å². The van der Waals surface area contributed by atoms with E-state index < -0.39 is 0 Å². The molecule has 3 rings (SSSR count). The number of carbonyl (C=O) groups excluding carboxylic acids is 1. The zero-order valence-corrected chi connectivity index (χ0v) is 12.5. The standard InChI is InChI=1S/C17H17N3O2/c1-11(2)22-14-5-3-4-13(9-14)20-17(21)12-6-7-15-16(8-12)19-10-18-15/h3-11H,1-2H3,(H,18,19)(H,20,21). The quantitative estimate of drug-likeness (QED) is 0.772. The Labute approximate surface area is 128 Å². The molecular weight excluding hydrogens is 278 g/mol. The minimum Gasteiger partial charge on any atom is -0.491 e. The fourth-order valence-corrected chi connectivity index (χ4v) is 2.20. The molecule has 112 valence electrons. The molecule has 0 unspecified atom stereocenters. The molecule has 0 fully saturated rings. The maximum atomic E-state index is 12.3. The van der Waals surface area contributed by atoms with Crippen molar-refractivity contribution in [1.29, 1.82) is 0 Å². The molecule has 0 saturated carbocycles. The third kappa shape index (κ3) is 3.09. The number of aromatic nitrogens is 2. The summed E-state index contributed by atoms with van der Waals surface area (Å²) in [6, 6.07) is 12.7. The van der Waals surface area contributed by atoms with Crippen molar-refractivity contribution in [2.75, 3.05) is 5.32 Å². The van der Waals surface area contributed by atoms with E-state index in [0.29, 0.717) is 11.3 Å². The molecule has 0 spiro atoms. The summed E-state index contributed by atoms with van der Waals surface area (Å²) in [4.78, 5) is 19.5. The van der Waals surface area contributed by atoms with Gasteiger partial charge >= 0.3 is 0 Å². The molecule has 5 nitrogen and oxygen atoms in total. The van der Waals surface area contributed by atoms with Crippen LogP contribution in [0.25, 0.3) is 11.0 Å². The summed E-state index contributed by atoms with van der Waals surface area (Å²) in [5.74, 6) is 0.565. The number of anilines is 1. The summed E-state index contributed by atoms with van der Waals surface area (Å²) >= 11 is 0. The van der Waals surface area contributed by atoms with Crippen molar-refractivity contribution < 1.29 is 9.53 Å². The molecule has 0 atom stereocenters. The van der Waals surface area contributed by atoms with E-state index in [1.807, 2.05) is 44.2 Å². The first-order valence-electron chi connectivity index (χ1n) is 7.13. The Hall–Kier alpha value is -2.82. The predicted octanol–water partition coefficient (Wildman–Crippen LogP) is 3.60. The fraction of sp³-hybridized carbons (Fsp3) is 0.176. The van der Waals surface area contributed by atoms with Crippen LogP contribution in [-0.2, 0) is 0 Å². The van der Waals surface area contributed by atoms with E-state index >= 15 is 0 Å². The number of carbonyl (C=O) groups is 1. The zero-order chi connectivity index (χ0) is 15.5. The summed E-state index contributed by atoms with van der Waals surface area (Å²) in [6.45, 7) is 3.93. The number of benzene rings is 2. The van der Waals surface area contributed by atoms with E-state index in [-0.39, 0.29) is 12.0 Å². The highest BCUT2D eigenvalue weighted by atomic mass is 16.5. The molecule has 3 aromatic rings. The lowest BCUT2D eigenvalue weighted by molar-refractivity contribution is 0.102. The van der Waals surface area contributed by atoms with Gasteiger partial charge in [-0.3, -0.25) is 4.79 Å². The number of rotatable bonds is 4. The molecule has 0 aliphatic rings.